The largest absolute Gasteiger partial charge is 1.00 e. The normalized spacial score (nSPS) is 10.1. The molecule has 1 aromatic heterocycles. The number of benzene rings is 2. The fraction of sp³-hybridized carbons (Fsp3) is 0.111. The summed E-state index contributed by atoms with van der Waals surface area (Å²) in [5.41, 5.74) is 1.45. The van der Waals surface area contributed by atoms with Gasteiger partial charge in [-0.15, -0.1) is 0 Å². The van der Waals surface area contributed by atoms with E-state index in [-0.39, 0.29) is 23.7 Å². The third-order valence-electron chi connectivity index (χ3n) is 3.77. The minimum Gasteiger partial charge on any atom is -1.00 e. The smallest absolute Gasteiger partial charge is 0.340 e. The number of ether oxygens (including phenoxy) is 2. The number of carbonyl (C=O) groups is 1. The van der Waals surface area contributed by atoms with Gasteiger partial charge in [0, 0.05) is 16.3 Å². The number of carboxylic acid groups (broad SMARTS) is 1. The van der Waals surface area contributed by atoms with E-state index in [2.05, 4.69) is 4.98 Å². The SMILES string of the molecule is COc1ccc(-c2c[nH+]cc3ccccc23)c(C(=O)O)c1OC.[Cl-]. The van der Waals surface area contributed by atoms with Crippen molar-refractivity contribution >= 4 is 16.7 Å². The van der Waals surface area contributed by atoms with Gasteiger partial charge in [0.25, 0.3) is 0 Å². The number of halogens is 1. The van der Waals surface area contributed by atoms with Gasteiger partial charge in [-0.25, -0.2) is 9.78 Å². The van der Waals surface area contributed by atoms with E-state index in [0.717, 1.165) is 16.3 Å². The van der Waals surface area contributed by atoms with Gasteiger partial charge in [0.05, 0.1) is 19.8 Å². The van der Waals surface area contributed by atoms with E-state index in [4.69, 9.17) is 9.47 Å². The molecule has 24 heavy (non-hydrogen) atoms. The van der Waals surface area contributed by atoms with Crippen LogP contribution in [-0.4, -0.2) is 25.3 Å². The van der Waals surface area contributed by atoms with Gasteiger partial charge in [-0.2, -0.15) is 0 Å². The number of nitrogens with one attached hydrogen (secondary N) is 1. The van der Waals surface area contributed by atoms with Crippen LogP contribution in [0.1, 0.15) is 10.4 Å². The van der Waals surface area contributed by atoms with Gasteiger partial charge in [0.15, 0.2) is 23.9 Å². The number of hydrogen-bond acceptors (Lipinski definition) is 3. The molecule has 0 saturated heterocycles. The number of pyridine rings is 1. The molecule has 0 aliphatic carbocycles. The molecule has 0 aliphatic rings. The van der Waals surface area contributed by atoms with Crippen molar-refractivity contribution in [1.29, 1.82) is 0 Å². The van der Waals surface area contributed by atoms with Crippen LogP contribution in [0.25, 0.3) is 21.9 Å². The predicted octanol–water partition coefficient (Wildman–Crippen LogP) is 0.0403. The van der Waals surface area contributed by atoms with Gasteiger partial charge in [-0.05, 0) is 18.2 Å². The zero-order valence-corrected chi connectivity index (χ0v) is 13.9. The summed E-state index contributed by atoms with van der Waals surface area (Å²) in [4.78, 5) is 14.9. The Labute approximate surface area is 145 Å². The topological polar surface area (TPSA) is 69.9 Å². The van der Waals surface area contributed by atoms with Crippen LogP contribution in [0.3, 0.4) is 0 Å². The van der Waals surface area contributed by atoms with E-state index in [1.165, 1.54) is 14.2 Å². The highest BCUT2D eigenvalue weighted by molar-refractivity contribution is 6.05. The lowest BCUT2D eigenvalue weighted by Crippen LogP contribution is -3.00. The zero-order valence-electron chi connectivity index (χ0n) is 13.2. The molecule has 3 rings (SSSR count). The Balaban J connectivity index is 0.00000208. The van der Waals surface area contributed by atoms with Crippen LogP contribution in [0, 0.1) is 0 Å². The molecular formula is C18H16ClNO4. The standard InChI is InChI=1S/C18H15NO4.ClH/c1-22-15-8-7-13(16(18(20)21)17(15)23-2)14-10-19-9-11-5-3-4-6-12(11)14;/h3-10H,1-2H3,(H,20,21);1H. The third kappa shape index (κ3) is 2.86. The number of fused-ring (bicyclic) bond motifs is 1. The summed E-state index contributed by atoms with van der Waals surface area (Å²) in [6.07, 6.45) is 3.66. The molecule has 1 heterocycles. The molecule has 0 radical (unpaired) electrons. The number of carboxylic acids is 1. The second kappa shape index (κ2) is 7.19. The molecule has 6 heteroatoms. The zero-order chi connectivity index (χ0) is 16.4. The Bertz CT molecular complexity index is 890. The molecule has 5 nitrogen and oxygen atoms in total. The second-order valence-corrected chi connectivity index (χ2v) is 4.99. The summed E-state index contributed by atoms with van der Waals surface area (Å²) in [5.74, 6) is -0.466. The molecule has 0 saturated carbocycles. The number of aromatic carboxylic acids is 1. The van der Waals surface area contributed by atoms with E-state index in [1.807, 2.05) is 30.5 Å². The number of aromatic amines is 1. The van der Waals surface area contributed by atoms with Crippen molar-refractivity contribution in [2.45, 2.75) is 0 Å². The van der Waals surface area contributed by atoms with Gasteiger partial charge < -0.3 is 27.0 Å². The maximum absolute atomic E-state index is 11.8. The van der Waals surface area contributed by atoms with Crippen LogP contribution >= 0.6 is 0 Å². The average molecular weight is 346 g/mol. The summed E-state index contributed by atoms with van der Waals surface area (Å²) in [6, 6.07) is 11.2. The van der Waals surface area contributed by atoms with Crippen LogP contribution in [0.4, 0.5) is 0 Å². The predicted molar refractivity (Wildman–Crippen MR) is 86.0 cm³/mol. The summed E-state index contributed by atoms with van der Waals surface area (Å²) >= 11 is 0. The summed E-state index contributed by atoms with van der Waals surface area (Å²) in [7, 11) is 2.91. The van der Waals surface area contributed by atoms with Gasteiger partial charge in [-0.1, -0.05) is 18.2 Å². The van der Waals surface area contributed by atoms with Crippen LogP contribution < -0.4 is 26.9 Å². The summed E-state index contributed by atoms with van der Waals surface area (Å²) in [5, 5.41) is 11.6. The molecule has 3 aromatic rings. The fourth-order valence-electron chi connectivity index (χ4n) is 2.75. The van der Waals surface area contributed by atoms with Crippen LogP contribution in [0.15, 0.2) is 48.8 Å². The average Bonchev–Trinajstić information content (AvgIpc) is 2.59. The maximum atomic E-state index is 11.8. The van der Waals surface area contributed by atoms with Crippen molar-refractivity contribution in [2.24, 2.45) is 0 Å². The molecule has 124 valence electrons. The van der Waals surface area contributed by atoms with Crippen molar-refractivity contribution in [2.75, 3.05) is 14.2 Å². The monoisotopic (exact) mass is 345 g/mol. The van der Waals surface area contributed by atoms with E-state index in [1.54, 1.807) is 18.3 Å². The molecule has 0 unspecified atom stereocenters. The third-order valence-corrected chi connectivity index (χ3v) is 3.77. The molecule has 0 spiro atoms. The van der Waals surface area contributed by atoms with Crippen molar-refractivity contribution in [3.05, 3.63) is 54.4 Å². The quantitative estimate of drug-likeness (QED) is 0.725. The van der Waals surface area contributed by atoms with Gasteiger partial charge >= 0.3 is 5.97 Å². The highest BCUT2D eigenvalue weighted by atomic mass is 35.5. The number of hydrogen-bond donors (Lipinski definition) is 1. The highest BCUT2D eigenvalue weighted by Crippen LogP contribution is 2.39. The van der Waals surface area contributed by atoms with Crippen LogP contribution in [0.2, 0.25) is 0 Å². The van der Waals surface area contributed by atoms with E-state index >= 15 is 0 Å². The Morgan fingerprint density at radius 3 is 2.42 bits per heavy atom. The first-order chi connectivity index (χ1) is 11.2. The molecule has 2 N–H and O–H groups in total. The summed E-state index contributed by atoms with van der Waals surface area (Å²) in [6.45, 7) is 0. The van der Waals surface area contributed by atoms with Gasteiger partial charge in [0.1, 0.15) is 5.56 Å². The van der Waals surface area contributed by atoms with Gasteiger partial charge in [0.2, 0.25) is 0 Å². The molecule has 0 fully saturated rings. The Morgan fingerprint density at radius 1 is 1.00 bits per heavy atom. The number of rotatable bonds is 4. The van der Waals surface area contributed by atoms with Crippen molar-refractivity contribution in [3.8, 4) is 22.6 Å². The van der Waals surface area contributed by atoms with Crippen LogP contribution in [-0.2, 0) is 0 Å². The van der Waals surface area contributed by atoms with Gasteiger partial charge in [-0.3, -0.25) is 0 Å². The Hall–Kier alpha value is -2.79. The Kier molecular flexibility index (Phi) is 5.26. The van der Waals surface area contributed by atoms with E-state index in [0.29, 0.717) is 11.3 Å². The molecule has 0 atom stereocenters. The second-order valence-electron chi connectivity index (χ2n) is 4.99. The summed E-state index contributed by atoms with van der Waals surface area (Å²) < 4.78 is 10.5. The number of aromatic nitrogens is 1. The minimum absolute atomic E-state index is 0. The van der Waals surface area contributed by atoms with E-state index in [9.17, 15) is 9.90 Å². The molecule has 0 amide bonds. The minimum atomic E-state index is -1.07. The molecule has 0 bridgehead atoms. The molecular weight excluding hydrogens is 330 g/mol. The molecule has 2 aromatic carbocycles. The van der Waals surface area contributed by atoms with E-state index < -0.39 is 5.97 Å². The number of H-pyrrole nitrogens is 1. The maximum Gasteiger partial charge on any atom is 0.340 e. The fourth-order valence-corrected chi connectivity index (χ4v) is 2.75. The lowest BCUT2D eigenvalue weighted by molar-refractivity contribution is -0.375. The first-order valence-electron chi connectivity index (χ1n) is 7.05. The Morgan fingerprint density at radius 2 is 1.75 bits per heavy atom. The van der Waals surface area contributed by atoms with Crippen LogP contribution in [0.5, 0.6) is 11.5 Å². The molecule has 0 aliphatic heterocycles. The first kappa shape index (κ1) is 17.6. The van der Waals surface area contributed by atoms with Crippen molar-refractivity contribution < 1.29 is 36.8 Å². The highest BCUT2D eigenvalue weighted by Gasteiger charge is 2.23. The first-order valence-corrected chi connectivity index (χ1v) is 7.05. The number of methoxy groups -OCH3 is 2. The lowest BCUT2D eigenvalue weighted by atomic mass is 9.95. The lowest BCUT2D eigenvalue weighted by Gasteiger charge is -2.14. The van der Waals surface area contributed by atoms with Crippen molar-refractivity contribution in [3.63, 3.8) is 0 Å². The van der Waals surface area contributed by atoms with Crippen molar-refractivity contribution in [1.82, 2.24) is 0 Å².